The summed E-state index contributed by atoms with van der Waals surface area (Å²) in [6.07, 6.45) is 2.39. The van der Waals surface area contributed by atoms with Crippen LogP contribution >= 0.6 is 0 Å². The van der Waals surface area contributed by atoms with Gasteiger partial charge in [0.05, 0.1) is 5.92 Å². The average Bonchev–Trinajstić information content (AvgIpc) is 3.59. The van der Waals surface area contributed by atoms with E-state index >= 15 is 0 Å². The molecule has 7 heteroatoms. The van der Waals surface area contributed by atoms with Gasteiger partial charge < -0.3 is 20.5 Å². The van der Waals surface area contributed by atoms with E-state index in [1.54, 1.807) is 6.92 Å². The number of carbonyl (C=O) groups excluding carboxylic acids is 2. The number of hydrogen-bond donors (Lipinski definition) is 3. The van der Waals surface area contributed by atoms with Gasteiger partial charge >= 0.3 is 12.1 Å². The molecule has 0 heterocycles. The average molecular weight is 451 g/mol. The Hall–Kier alpha value is -3.35. The van der Waals surface area contributed by atoms with Crippen LogP contribution < -0.4 is 10.6 Å². The van der Waals surface area contributed by atoms with E-state index in [2.05, 4.69) is 22.8 Å². The number of ether oxygens (including phenoxy) is 1. The first kappa shape index (κ1) is 22.8. The van der Waals surface area contributed by atoms with Crippen LogP contribution in [-0.4, -0.2) is 42.3 Å². The fourth-order valence-corrected chi connectivity index (χ4v) is 4.51. The zero-order chi connectivity index (χ0) is 23.4. The van der Waals surface area contributed by atoms with Crippen molar-refractivity contribution in [2.45, 2.75) is 44.6 Å². The Kier molecular flexibility index (Phi) is 6.96. The summed E-state index contributed by atoms with van der Waals surface area (Å²) in [5.41, 5.74) is 4.53. The smallest absolute Gasteiger partial charge is 0.407 e. The lowest BCUT2D eigenvalue weighted by atomic mass is 9.98. The maximum atomic E-state index is 12.6. The minimum absolute atomic E-state index is 0.0594. The molecule has 1 unspecified atom stereocenters. The van der Waals surface area contributed by atoms with Crippen LogP contribution in [0.2, 0.25) is 0 Å². The first-order valence-electron chi connectivity index (χ1n) is 11.6. The lowest BCUT2D eigenvalue weighted by Crippen LogP contribution is -2.48. The maximum Gasteiger partial charge on any atom is 0.407 e. The number of benzene rings is 2. The van der Waals surface area contributed by atoms with Crippen LogP contribution in [0.1, 0.15) is 49.7 Å². The first-order chi connectivity index (χ1) is 16.0. The number of aliphatic carboxylic acids is 1. The van der Waals surface area contributed by atoms with Crippen LogP contribution in [-0.2, 0) is 14.3 Å². The molecule has 0 radical (unpaired) electrons. The van der Waals surface area contributed by atoms with E-state index in [1.165, 1.54) is 0 Å². The lowest BCUT2D eigenvalue weighted by molar-refractivity contribution is -0.142. The van der Waals surface area contributed by atoms with Crippen molar-refractivity contribution in [2.75, 3.05) is 13.2 Å². The summed E-state index contributed by atoms with van der Waals surface area (Å²) >= 11 is 0. The van der Waals surface area contributed by atoms with Gasteiger partial charge in [-0.1, -0.05) is 68.3 Å². The molecule has 2 aliphatic rings. The van der Waals surface area contributed by atoms with Gasteiger partial charge in [0.2, 0.25) is 5.91 Å². The van der Waals surface area contributed by atoms with Crippen LogP contribution in [0.3, 0.4) is 0 Å². The molecule has 0 spiro atoms. The molecule has 2 aliphatic carbocycles. The number of fused-ring (bicyclic) bond motifs is 3. The summed E-state index contributed by atoms with van der Waals surface area (Å²) in [4.78, 5) is 36.5. The molecule has 0 aromatic heterocycles. The number of carboxylic acid groups (broad SMARTS) is 1. The van der Waals surface area contributed by atoms with Crippen molar-refractivity contribution >= 4 is 18.0 Å². The molecule has 7 nitrogen and oxygen atoms in total. The Morgan fingerprint density at radius 3 is 2.18 bits per heavy atom. The molecule has 2 atom stereocenters. The van der Waals surface area contributed by atoms with E-state index in [9.17, 15) is 19.5 Å². The van der Waals surface area contributed by atoms with E-state index in [-0.39, 0.29) is 19.1 Å². The highest BCUT2D eigenvalue weighted by atomic mass is 16.5. The molecule has 1 saturated carbocycles. The van der Waals surface area contributed by atoms with Crippen LogP contribution in [0.5, 0.6) is 0 Å². The Labute approximate surface area is 193 Å². The van der Waals surface area contributed by atoms with E-state index < -0.39 is 29.9 Å². The van der Waals surface area contributed by atoms with Crippen molar-refractivity contribution < 1.29 is 24.2 Å². The Morgan fingerprint density at radius 2 is 1.64 bits per heavy atom. The molecule has 0 bridgehead atoms. The van der Waals surface area contributed by atoms with Gasteiger partial charge in [-0.3, -0.25) is 9.59 Å². The van der Waals surface area contributed by atoms with Crippen LogP contribution in [0.25, 0.3) is 11.1 Å². The fourth-order valence-electron chi connectivity index (χ4n) is 4.51. The Morgan fingerprint density at radius 1 is 1.03 bits per heavy atom. The molecule has 0 aliphatic heterocycles. The number of carbonyl (C=O) groups is 3. The largest absolute Gasteiger partial charge is 0.481 e. The number of nitrogens with one attached hydrogen (secondary N) is 2. The van der Waals surface area contributed by atoms with Crippen molar-refractivity contribution in [3.8, 4) is 11.1 Å². The van der Waals surface area contributed by atoms with Gasteiger partial charge in [-0.25, -0.2) is 4.79 Å². The minimum Gasteiger partial charge on any atom is -0.481 e. The second-order valence-electron chi connectivity index (χ2n) is 8.89. The Balaban J connectivity index is 1.31. The van der Waals surface area contributed by atoms with E-state index in [1.807, 2.05) is 36.4 Å². The molecular formula is C26H30N2O5. The van der Waals surface area contributed by atoms with Gasteiger partial charge in [-0.15, -0.1) is 0 Å². The summed E-state index contributed by atoms with van der Waals surface area (Å²) in [5.74, 6) is -1.51. The number of rotatable bonds is 10. The molecule has 174 valence electrons. The number of amides is 2. The van der Waals surface area contributed by atoms with Gasteiger partial charge in [0.15, 0.2) is 0 Å². The third kappa shape index (κ3) is 5.35. The highest BCUT2D eigenvalue weighted by Crippen LogP contribution is 2.44. The predicted octanol–water partition coefficient (Wildman–Crippen LogP) is 3.92. The second kappa shape index (κ2) is 10.1. The van der Waals surface area contributed by atoms with Gasteiger partial charge in [0, 0.05) is 12.5 Å². The first-order valence-corrected chi connectivity index (χ1v) is 11.6. The van der Waals surface area contributed by atoms with Gasteiger partial charge in [-0.2, -0.15) is 0 Å². The maximum absolute atomic E-state index is 12.6. The number of hydrogen-bond acceptors (Lipinski definition) is 4. The van der Waals surface area contributed by atoms with Crippen LogP contribution in [0.4, 0.5) is 4.79 Å². The van der Waals surface area contributed by atoms with Crippen molar-refractivity contribution in [1.29, 1.82) is 0 Å². The molecule has 1 fully saturated rings. The predicted molar refractivity (Wildman–Crippen MR) is 124 cm³/mol. The van der Waals surface area contributed by atoms with E-state index in [0.29, 0.717) is 18.8 Å². The fraction of sp³-hybridized carbons (Fsp3) is 0.423. The highest BCUT2D eigenvalue weighted by Gasteiger charge is 2.31. The van der Waals surface area contributed by atoms with Gasteiger partial charge in [-0.05, 0) is 41.0 Å². The normalized spacial score (nSPS) is 16.3. The monoisotopic (exact) mass is 450 g/mol. The van der Waals surface area contributed by atoms with Crippen molar-refractivity contribution in [3.05, 3.63) is 59.7 Å². The van der Waals surface area contributed by atoms with Crippen molar-refractivity contribution in [2.24, 2.45) is 11.8 Å². The van der Waals surface area contributed by atoms with Crippen molar-refractivity contribution in [3.63, 3.8) is 0 Å². The molecule has 2 aromatic rings. The second-order valence-corrected chi connectivity index (χ2v) is 8.89. The van der Waals surface area contributed by atoms with Crippen LogP contribution in [0.15, 0.2) is 48.5 Å². The minimum atomic E-state index is -0.903. The summed E-state index contributed by atoms with van der Waals surface area (Å²) in [6, 6.07) is 15.4. The number of carboxylic acids is 1. The van der Waals surface area contributed by atoms with Gasteiger partial charge in [0.1, 0.15) is 12.6 Å². The van der Waals surface area contributed by atoms with Gasteiger partial charge in [0.25, 0.3) is 0 Å². The molecule has 4 rings (SSSR count). The highest BCUT2D eigenvalue weighted by molar-refractivity contribution is 5.86. The topological polar surface area (TPSA) is 105 Å². The zero-order valence-electron chi connectivity index (χ0n) is 18.8. The standard InChI is InChI=1S/C26H30N2O5/c1-2-23(24(29)27-14-17(25(30)31)13-16-11-12-16)28-26(32)33-15-22-20-9-5-3-7-18(20)19-8-4-6-10-21(19)22/h3-10,16-17,22-23H,2,11-15H2,1H3,(H,27,29)(H,28,32)(H,30,31)/t17?,23-/m0/s1. The summed E-state index contributed by atoms with van der Waals surface area (Å²) in [5, 5.41) is 14.7. The lowest BCUT2D eigenvalue weighted by Gasteiger charge is -2.20. The third-order valence-corrected chi connectivity index (χ3v) is 6.55. The summed E-state index contributed by atoms with van der Waals surface area (Å²) < 4.78 is 5.52. The van der Waals surface area contributed by atoms with Crippen molar-refractivity contribution in [1.82, 2.24) is 10.6 Å². The van der Waals surface area contributed by atoms with E-state index in [4.69, 9.17) is 4.74 Å². The Bertz CT molecular complexity index is 987. The SMILES string of the molecule is CC[C@H](NC(=O)OCC1c2ccccc2-c2ccccc21)C(=O)NCC(CC1CC1)C(=O)O. The number of alkyl carbamates (subject to hydrolysis) is 1. The quantitative estimate of drug-likeness (QED) is 0.509. The molecular weight excluding hydrogens is 420 g/mol. The molecule has 3 N–H and O–H groups in total. The molecule has 0 saturated heterocycles. The zero-order valence-corrected chi connectivity index (χ0v) is 18.8. The molecule has 33 heavy (non-hydrogen) atoms. The summed E-state index contributed by atoms with van der Waals surface area (Å²) in [7, 11) is 0. The molecule has 2 aromatic carbocycles. The third-order valence-electron chi connectivity index (χ3n) is 6.55. The summed E-state index contributed by atoms with van der Waals surface area (Å²) in [6.45, 7) is 2.01. The van der Waals surface area contributed by atoms with Crippen LogP contribution in [0, 0.1) is 11.8 Å². The van der Waals surface area contributed by atoms with E-state index in [0.717, 1.165) is 35.1 Å². The molecule has 2 amide bonds.